The Labute approximate surface area is 129 Å². The van der Waals surface area contributed by atoms with Crippen LogP contribution in [0.5, 0.6) is 5.75 Å². The van der Waals surface area contributed by atoms with Crippen LogP contribution in [-0.2, 0) is 14.8 Å². The number of hydrogen-bond acceptors (Lipinski definition) is 4. The van der Waals surface area contributed by atoms with Crippen molar-refractivity contribution < 1.29 is 17.9 Å². The van der Waals surface area contributed by atoms with E-state index in [9.17, 15) is 13.2 Å². The lowest BCUT2D eigenvalue weighted by Crippen LogP contribution is -2.46. The second kappa shape index (κ2) is 7.11. The van der Waals surface area contributed by atoms with Crippen molar-refractivity contribution in [2.75, 3.05) is 7.11 Å². The molecule has 1 rings (SSSR count). The number of rotatable bonds is 6. The van der Waals surface area contributed by atoms with Gasteiger partial charge < -0.3 is 10.1 Å². The van der Waals surface area contributed by atoms with Crippen molar-refractivity contribution in [1.82, 2.24) is 10.0 Å². The minimum atomic E-state index is -3.84. The van der Waals surface area contributed by atoms with E-state index in [1.165, 1.54) is 32.2 Å². The molecule has 0 heterocycles. The number of carbonyl (C=O) groups is 1. The van der Waals surface area contributed by atoms with Crippen LogP contribution in [0.3, 0.4) is 0 Å². The van der Waals surface area contributed by atoms with E-state index in [1.54, 1.807) is 13.8 Å². The molecule has 0 aliphatic rings. The summed E-state index contributed by atoms with van der Waals surface area (Å²) in [7, 11) is -2.40. The van der Waals surface area contributed by atoms with Crippen LogP contribution in [0.1, 0.15) is 20.8 Å². The number of sulfonamides is 1. The summed E-state index contributed by atoms with van der Waals surface area (Å²) in [6.07, 6.45) is 0. The molecule has 0 fully saturated rings. The highest BCUT2D eigenvalue weighted by Gasteiger charge is 2.23. The van der Waals surface area contributed by atoms with Gasteiger partial charge in [-0.1, -0.05) is 11.6 Å². The second-order valence-electron chi connectivity index (χ2n) is 4.80. The third kappa shape index (κ3) is 4.87. The predicted octanol–water partition coefficient (Wildman–Crippen LogP) is 1.54. The molecule has 0 saturated heterocycles. The van der Waals surface area contributed by atoms with Gasteiger partial charge in [0.25, 0.3) is 0 Å². The molecular weight excluding hydrogens is 316 g/mol. The van der Waals surface area contributed by atoms with Crippen LogP contribution in [0.2, 0.25) is 5.02 Å². The number of halogens is 1. The number of ether oxygens (including phenoxy) is 1. The van der Waals surface area contributed by atoms with Gasteiger partial charge in [0.05, 0.1) is 23.1 Å². The second-order valence-corrected chi connectivity index (χ2v) is 6.92. The van der Waals surface area contributed by atoms with Crippen molar-refractivity contribution in [1.29, 1.82) is 0 Å². The van der Waals surface area contributed by atoms with E-state index in [2.05, 4.69) is 10.0 Å². The SMILES string of the molecule is COc1ccc(S(=O)(=O)N[C@@H](C)C(=O)NC(C)C)cc1Cl. The topological polar surface area (TPSA) is 84.5 Å². The standard InChI is InChI=1S/C13H19ClN2O4S/c1-8(2)15-13(17)9(3)16-21(18,19)10-5-6-12(20-4)11(14)7-10/h5-9,16H,1-4H3,(H,15,17)/t9-/m0/s1. The van der Waals surface area contributed by atoms with Gasteiger partial charge in [0.15, 0.2) is 0 Å². The first kappa shape index (κ1) is 17.7. The maximum absolute atomic E-state index is 12.2. The van der Waals surface area contributed by atoms with E-state index in [-0.39, 0.29) is 16.0 Å². The van der Waals surface area contributed by atoms with Crippen molar-refractivity contribution in [2.24, 2.45) is 0 Å². The molecular formula is C13H19ClN2O4S. The van der Waals surface area contributed by atoms with E-state index in [0.717, 1.165) is 0 Å². The lowest BCUT2D eigenvalue weighted by atomic mass is 10.3. The Bertz CT molecular complexity index is 617. The molecule has 0 unspecified atom stereocenters. The van der Waals surface area contributed by atoms with Crippen molar-refractivity contribution in [3.05, 3.63) is 23.2 Å². The van der Waals surface area contributed by atoms with Crippen LogP contribution in [0.15, 0.2) is 23.1 Å². The fraction of sp³-hybridized carbons (Fsp3) is 0.462. The van der Waals surface area contributed by atoms with E-state index < -0.39 is 22.0 Å². The largest absolute Gasteiger partial charge is 0.495 e. The van der Waals surface area contributed by atoms with Gasteiger partial charge in [0, 0.05) is 6.04 Å². The van der Waals surface area contributed by atoms with Gasteiger partial charge in [-0.05, 0) is 39.0 Å². The molecule has 2 N–H and O–H groups in total. The van der Waals surface area contributed by atoms with Gasteiger partial charge >= 0.3 is 0 Å². The molecule has 0 aliphatic heterocycles. The van der Waals surface area contributed by atoms with E-state index in [4.69, 9.17) is 16.3 Å². The van der Waals surface area contributed by atoms with Crippen LogP contribution < -0.4 is 14.8 Å². The molecule has 0 aliphatic carbocycles. The quantitative estimate of drug-likeness (QED) is 0.826. The van der Waals surface area contributed by atoms with Gasteiger partial charge in [-0.15, -0.1) is 0 Å². The third-order valence-electron chi connectivity index (χ3n) is 2.59. The molecule has 0 radical (unpaired) electrons. The summed E-state index contributed by atoms with van der Waals surface area (Å²) >= 11 is 5.91. The maximum atomic E-state index is 12.2. The predicted molar refractivity (Wildman–Crippen MR) is 81.1 cm³/mol. The summed E-state index contributed by atoms with van der Waals surface area (Å²) in [5, 5.41) is 2.81. The molecule has 21 heavy (non-hydrogen) atoms. The average Bonchev–Trinajstić information content (AvgIpc) is 2.37. The molecule has 0 spiro atoms. The Morgan fingerprint density at radius 2 is 1.90 bits per heavy atom. The van der Waals surface area contributed by atoms with E-state index in [1.807, 2.05) is 0 Å². The van der Waals surface area contributed by atoms with Crippen molar-refractivity contribution >= 4 is 27.5 Å². The minimum absolute atomic E-state index is 0.0301. The Morgan fingerprint density at radius 1 is 1.29 bits per heavy atom. The number of benzene rings is 1. The van der Waals surface area contributed by atoms with Gasteiger partial charge in [-0.3, -0.25) is 4.79 Å². The van der Waals surface area contributed by atoms with Gasteiger partial charge in [0.1, 0.15) is 5.75 Å². The fourth-order valence-corrected chi connectivity index (χ4v) is 3.13. The molecule has 6 nitrogen and oxygen atoms in total. The van der Waals surface area contributed by atoms with Crippen LogP contribution in [0, 0.1) is 0 Å². The zero-order chi connectivity index (χ0) is 16.2. The van der Waals surface area contributed by atoms with E-state index in [0.29, 0.717) is 5.75 Å². The van der Waals surface area contributed by atoms with Crippen molar-refractivity contribution in [3.8, 4) is 5.75 Å². The summed E-state index contributed by atoms with van der Waals surface area (Å²) < 4.78 is 31.7. The highest BCUT2D eigenvalue weighted by Crippen LogP contribution is 2.26. The lowest BCUT2D eigenvalue weighted by molar-refractivity contribution is -0.122. The first-order chi connectivity index (χ1) is 9.67. The van der Waals surface area contributed by atoms with Crippen LogP contribution in [0.25, 0.3) is 0 Å². The number of methoxy groups -OCH3 is 1. The number of nitrogens with one attached hydrogen (secondary N) is 2. The zero-order valence-electron chi connectivity index (χ0n) is 12.3. The normalized spacial score (nSPS) is 13.0. The van der Waals surface area contributed by atoms with Crippen LogP contribution in [0.4, 0.5) is 0 Å². The molecule has 1 aromatic carbocycles. The molecule has 118 valence electrons. The number of hydrogen-bond donors (Lipinski definition) is 2. The fourth-order valence-electron chi connectivity index (χ4n) is 1.58. The molecule has 1 aromatic rings. The minimum Gasteiger partial charge on any atom is -0.495 e. The number of amides is 1. The highest BCUT2D eigenvalue weighted by molar-refractivity contribution is 7.89. The Hall–Kier alpha value is -1.31. The Morgan fingerprint density at radius 3 is 2.38 bits per heavy atom. The maximum Gasteiger partial charge on any atom is 0.241 e. The van der Waals surface area contributed by atoms with Crippen LogP contribution in [-0.4, -0.2) is 33.5 Å². The van der Waals surface area contributed by atoms with Crippen molar-refractivity contribution in [2.45, 2.75) is 37.8 Å². The molecule has 1 atom stereocenters. The smallest absolute Gasteiger partial charge is 0.241 e. The summed E-state index contributed by atoms with van der Waals surface area (Å²) in [4.78, 5) is 11.7. The van der Waals surface area contributed by atoms with Crippen molar-refractivity contribution in [3.63, 3.8) is 0 Å². The van der Waals surface area contributed by atoms with Crippen LogP contribution >= 0.6 is 11.6 Å². The molecule has 8 heteroatoms. The Kier molecular flexibility index (Phi) is 6.00. The summed E-state index contributed by atoms with van der Waals surface area (Å²) in [5.74, 6) is -0.0191. The highest BCUT2D eigenvalue weighted by atomic mass is 35.5. The molecule has 0 bridgehead atoms. The Balaban J connectivity index is 2.91. The van der Waals surface area contributed by atoms with Gasteiger partial charge in [-0.2, -0.15) is 4.72 Å². The summed E-state index contributed by atoms with van der Waals surface area (Å²) in [6.45, 7) is 5.06. The average molecular weight is 335 g/mol. The number of carbonyl (C=O) groups excluding carboxylic acids is 1. The molecule has 0 aromatic heterocycles. The van der Waals surface area contributed by atoms with Gasteiger partial charge in [-0.25, -0.2) is 8.42 Å². The van der Waals surface area contributed by atoms with E-state index >= 15 is 0 Å². The monoisotopic (exact) mass is 334 g/mol. The third-order valence-corrected chi connectivity index (χ3v) is 4.42. The molecule has 0 saturated carbocycles. The summed E-state index contributed by atoms with van der Waals surface area (Å²) in [6, 6.07) is 3.13. The first-order valence-electron chi connectivity index (χ1n) is 6.33. The van der Waals surface area contributed by atoms with Gasteiger partial charge in [0.2, 0.25) is 15.9 Å². The molecule has 1 amide bonds. The first-order valence-corrected chi connectivity index (χ1v) is 8.19. The summed E-state index contributed by atoms with van der Waals surface area (Å²) in [5.41, 5.74) is 0. The lowest BCUT2D eigenvalue weighted by Gasteiger charge is -2.16. The zero-order valence-corrected chi connectivity index (χ0v) is 13.9.